The summed E-state index contributed by atoms with van der Waals surface area (Å²) in [4.78, 5) is 2.33. The maximum absolute atomic E-state index is 6.29. The van der Waals surface area contributed by atoms with Crippen LogP contribution < -0.4 is 10.6 Å². The minimum Gasteiger partial charge on any atom is -0.361 e. The molecule has 0 saturated heterocycles. The molecule has 3 heteroatoms. The molecular weight excluding hydrogens is 198 g/mol. The molecule has 0 saturated carbocycles. The number of rotatable bonds is 3. The molecule has 1 aromatic heterocycles. The Morgan fingerprint density at radius 3 is 2.81 bits per heavy atom. The maximum Gasteiger partial charge on any atom is 0.113 e. The van der Waals surface area contributed by atoms with Gasteiger partial charge in [0.15, 0.2) is 0 Å². The van der Waals surface area contributed by atoms with Crippen LogP contribution in [0.4, 0.5) is 5.82 Å². The first-order valence-corrected chi connectivity index (χ1v) is 6.25. The number of anilines is 1. The predicted molar refractivity (Wildman–Crippen MR) is 68.7 cm³/mol. The summed E-state index contributed by atoms with van der Waals surface area (Å²) in [5, 5.41) is 0. The Labute approximate surface area is 98.2 Å². The van der Waals surface area contributed by atoms with Crippen molar-refractivity contribution in [2.75, 3.05) is 18.5 Å². The SMILES string of the molecule is CC(C)CC(N)c1ccn2c1N(C)CCC2. The predicted octanol–water partition coefficient (Wildman–Crippen LogP) is 2.37. The van der Waals surface area contributed by atoms with Crippen LogP contribution in [0.5, 0.6) is 0 Å². The standard InChI is InChI=1S/C13H23N3/c1-10(2)9-12(14)11-5-8-16-7-4-6-15(3)13(11)16/h5,8,10,12H,4,6-7,9,14H2,1-3H3. The van der Waals surface area contributed by atoms with E-state index in [4.69, 9.17) is 5.73 Å². The molecule has 0 amide bonds. The highest BCUT2D eigenvalue weighted by molar-refractivity contribution is 5.51. The summed E-state index contributed by atoms with van der Waals surface area (Å²) in [6.07, 6.45) is 4.47. The Balaban J connectivity index is 2.25. The molecule has 0 fully saturated rings. The number of aryl methyl sites for hydroxylation is 1. The van der Waals surface area contributed by atoms with Gasteiger partial charge in [0.1, 0.15) is 5.82 Å². The van der Waals surface area contributed by atoms with Crippen LogP contribution in [0.25, 0.3) is 0 Å². The summed E-state index contributed by atoms with van der Waals surface area (Å²) in [6.45, 7) is 6.73. The zero-order valence-corrected chi connectivity index (χ0v) is 10.6. The second-order valence-corrected chi connectivity index (χ2v) is 5.30. The molecule has 0 bridgehead atoms. The Hall–Kier alpha value is -0.960. The van der Waals surface area contributed by atoms with E-state index >= 15 is 0 Å². The number of hydrogen-bond donors (Lipinski definition) is 1. The third kappa shape index (κ3) is 2.09. The zero-order chi connectivity index (χ0) is 11.7. The molecular formula is C13H23N3. The summed E-state index contributed by atoms with van der Waals surface area (Å²) in [7, 11) is 2.16. The van der Waals surface area contributed by atoms with Crippen LogP contribution >= 0.6 is 0 Å². The van der Waals surface area contributed by atoms with E-state index in [1.54, 1.807) is 0 Å². The highest BCUT2D eigenvalue weighted by Crippen LogP contribution is 2.31. The van der Waals surface area contributed by atoms with Crippen molar-refractivity contribution < 1.29 is 0 Å². The van der Waals surface area contributed by atoms with Gasteiger partial charge in [0.2, 0.25) is 0 Å². The molecule has 1 aliphatic rings. The van der Waals surface area contributed by atoms with E-state index in [1.807, 2.05) is 0 Å². The van der Waals surface area contributed by atoms with Crippen molar-refractivity contribution in [3.8, 4) is 0 Å². The quantitative estimate of drug-likeness (QED) is 0.850. The van der Waals surface area contributed by atoms with Gasteiger partial charge < -0.3 is 15.2 Å². The van der Waals surface area contributed by atoms with Crippen LogP contribution in [0.3, 0.4) is 0 Å². The molecule has 1 atom stereocenters. The van der Waals surface area contributed by atoms with E-state index in [9.17, 15) is 0 Å². The molecule has 0 radical (unpaired) electrons. The monoisotopic (exact) mass is 221 g/mol. The van der Waals surface area contributed by atoms with Gasteiger partial charge in [0, 0.05) is 37.9 Å². The van der Waals surface area contributed by atoms with E-state index in [-0.39, 0.29) is 6.04 Å². The molecule has 16 heavy (non-hydrogen) atoms. The largest absolute Gasteiger partial charge is 0.361 e. The summed E-state index contributed by atoms with van der Waals surface area (Å²) >= 11 is 0. The molecule has 2 N–H and O–H groups in total. The van der Waals surface area contributed by atoms with Crippen LogP contribution in [-0.4, -0.2) is 18.2 Å². The van der Waals surface area contributed by atoms with Crippen molar-refractivity contribution >= 4 is 5.82 Å². The summed E-state index contributed by atoms with van der Waals surface area (Å²) in [5.41, 5.74) is 7.60. The zero-order valence-electron chi connectivity index (χ0n) is 10.6. The average molecular weight is 221 g/mol. The molecule has 1 aromatic rings. The minimum absolute atomic E-state index is 0.178. The first-order valence-electron chi connectivity index (χ1n) is 6.25. The van der Waals surface area contributed by atoms with Crippen LogP contribution in [0.15, 0.2) is 12.3 Å². The van der Waals surface area contributed by atoms with Gasteiger partial charge >= 0.3 is 0 Å². The van der Waals surface area contributed by atoms with Crippen LogP contribution in [-0.2, 0) is 6.54 Å². The van der Waals surface area contributed by atoms with Gasteiger partial charge in [0.05, 0.1) is 0 Å². The van der Waals surface area contributed by atoms with E-state index in [1.165, 1.54) is 17.8 Å². The highest BCUT2D eigenvalue weighted by atomic mass is 15.2. The fourth-order valence-electron chi connectivity index (χ4n) is 2.61. The van der Waals surface area contributed by atoms with E-state index in [2.05, 4.69) is 42.6 Å². The lowest BCUT2D eigenvalue weighted by Crippen LogP contribution is -2.29. The summed E-state index contributed by atoms with van der Waals surface area (Å²) in [5.74, 6) is 1.99. The van der Waals surface area contributed by atoms with Crippen LogP contribution in [0, 0.1) is 5.92 Å². The lowest BCUT2D eigenvalue weighted by atomic mass is 9.99. The second-order valence-electron chi connectivity index (χ2n) is 5.30. The molecule has 2 rings (SSSR count). The number of nitrogens with two attached hydrogens (primary N) is 1. The fourth-order valence-corrected chi connectivity index (χ4v) is 2.61. The van der Waals surface area contributed by atoms with E-state index < -0.39 is 0 Å². The van der Waals surface area contributed by atoms with Crippen molar-refractivity contribution in [3.63, 3.8) is 0 Å². The molecule has 0 spiro atoms. The van der Waals surface area contributed by atoms with Gasteiger partial charge in [0.25, 0.3) is 0 Å². The Bertz CT molecular complexity index is 354. The number of fused-ring (bicyclic) bond motifs is 1. The smallest absolute Gasteiger partial charge is 0.113 e. The third-order valence-electron chi connectivity index (χ3n) is 3.34. The Morgan fingerprint density at radius 1 is 1.38 bits per heavy atom. The van der Waals surface area contributed by atoms with E-state index in [0.29, 0.717) is 5.92 Å². The van der Waals surface area contributed by atoms with Gasteiger partial charge in [-0.1, -0.05) is 13.8 Å². The fraction of sp³-hybridized carbons (Fsp3) is 0.692. The van der Waals surface area contributed by atoms with Gasteiger partial charge in [-0.25, -0.2) is 0 Å². The average Bonchev–Trinajstić information content (AvgIpc) is 2.61. The van der Waals surface area contributed by atoms with Crippen molar-refractivity contribution in [2.45, 2.75) is 39.3 Å². The molecule has 90 valence electrons. The van der Waals surface area contributed by atoms with E-state index in [0.717, 1.165) is 19.5 Å². The minimum atomic E-state index is 0.178. The first kappa shape index (κ1) is 11.5. The van der Waals surface area contributed by atoms with Crippen molar-refractivity contribution in [2.24, 2.45) is 11.7 Å². The molecule has 3 nitrogen and oxygen atoms in total. The first-order chi connectivity index (χ1) is 7.59. The highest BCUT2D eigenvalue weighted by Gasteiger charge is 2.21. The molecule has 0 aromatic carbocycles. The lowest BCUT2D eigenvalue weighted by Gasteiger charge is -2.29. The topological polar surface area (TPSA) is 34.2 Å². The molecule has 0 aliphatic carbocycles. The number of aromatic nitrogens is 1. The van der Waals surface area contributed by atoms with Gasteiger partial charge in [-0.15, -0.1) is 0 Å². The third-order valence-corrected chi connectivity index (χ3v) is 3.34. The van der Waals surface area contributed by atoms with Gasteiger partial charge in [-0.05, 0) is 24.8 Å². The van der Waals surface area contributed by atoms with Crippen LogP contribution in [0.1, 0.15) is 38.3 Å². The van der Waals surface area contributed by atoms with Crippen LogP contribution in [0.2, 0.25) is 0 Å². The van der Waals surface area contributed by atoms with Crippen molar-refractivity contribution in [1.82, 2.24) is 4.57 Å². The maximum atomic E-state index is 6.29. The number of hydrogen-bond acceptors (Lipinski definition) is 2. The van der Waals surface area contributed by atoms with Crippen molar-refractivity contribution in [3.05, 3.63) is 17.8 Å². The van der Waals surface area contributed by atoms with Gasteiger partial charge in [-0.2, -0.15) is 0 Å². The summed E-state index contributed by atoms with van der Waals surface area (Å²) in [6, 6.07) is 2.38. The van der Waals surface area contributed by atoms with Gasteiger partial charge in [-0.3, -0.25) is 0 Å². The molecule has 2 heterocycles. The Morgan fingerprint density at radius 2 is 2.12 bits per heavy atom. The molecule has 1 unspecified atom stereocenters. The Kier molecular flexibility index (Phi) is 3.24. The van der Waals surface area contributed by atoms with Crippen molar-refractivity contribution in [1.29, 1.82) is 0 Å². The lowest BCUT2D eigenvalue weighted by molar-refractivity contribution is 0.505. The summed E-state index contributed by atoms with van der Waals surface area (Å²) < 4.78 is 2.33. The second kappa shape index (κ2) is 4.50. The normalized spacial score (nSPS) is 17.7. The molecule has 1 aliphatic heterocycles. The number of nitrogens with zero attached hydrogens (tertiary/aromatic N) is 2.